The highest BCUT2D eigenvalue weighted by molar-refractivity contribution is 7.71. The van der Waals surface area contributed by atoms with E-state index in [1.807, 2.05) is 12.1 Å². The van der Waals surface area contributed by atoms with Crippen molar-refractivity contribution >= 4 is 30.0 Å². The molecule has 0 atom stereocenters. The van der Waals surface area contributed by atoms with Gasteiger partial charge in [0.15, 0.2) is 17.3 Å². The number of aromatic nitrogens is 3. The Labute approximate surface area is 148 Å². The Kier molecular flexibility index (Phi) is 4.64. The second kappa shape index (κ2) is 6.86. The van der Waals surface area contributed by atoms with Gasteiger partial charge in [-0.2, -0.15) is 14.9 Å². The highest BCUT2D eigenvalue weighted by Gasteiger charge is 2.08. The molecule has 3 aromatic rings. The summed E-state index contributed by atoms with van der Waals surface area (Å²) in [6.45, 7) is 0. The number of phenols is 1. The molecule has 1 heterocycles. The van der Waals surface area contributed by atoms with Gasteiger partial charge < -0.3 is 9.84 Å². The highest BCUT2D eigenvalue weighted by atomic mass is 35.5. The number of rotatable bonds is 4. The molecule has 122 valence electrons. The molecular weight excluding hydrogens is 348 g/mol. The van der Waals surface area contributed by atoms with E-state index in [4.69, 9.17) is 28.6 Å². The maximum absolute atomic E-state index is 9.63. The Morgan fingerprint density at radius 2 is 2.17 bits per heavy atom. The van der Waals surface area contributed by atoms with Crippen LogP contribution in [0, 0.1) is 4.77 Å². The Hall–Kier alpha value is -2.64. The summed E-state index contributed by atoms with van der Waals surface area (Å²) >= 11 is 11.2. The minimum absolute atomic E-state index is 0.0641. The Balaban J connectivity index is 1.99. The standard InChI is InChI=1S/C16H13ClN4O2S/c1-23-14-7-10(5-6-13(14)22)9-18-21-15(19-20-16(21)24)11-3-2-4-12(17)8-11/h2-9,22H,1H3,(H,20,24)/b18-9+. The summed E-state index contributed by atoms with van der Waals surface area (Å²) in [6.07, 6.45) is 1.60. The lowest BCUT2D eigenvalue weighted by Crippen LogP contribution is -1.95. The molecule has 0 amide bonds. The molecule has 6 nitrogen and oxygen atoms in total. The largest absolute Gasteiger partial charge is 0.504 e. The molecule has 0 aliphatic heterocycles. The van der Waals surface area contributed by atoms with E-state index in [1.165, 1.54) is 17.9 Å². The van der Waals surface area contributed by atoms with Gasteiger partial charge in [0.05, 0.1) is 13.3 Å². The number of halogens is 1. The first kappa shape index (κ1) is 16.2. The first-order valence-electron chi connectivity index (χ1n) is 6.93. The number of hydrogen-bond acceptors (Lipinski definition) is 5. The summed E-state index contributed by atoms with van der Waals surface area (Å²) in [6, 6.07) is 12.2. The van der Waals surface area contributed by atoms with Crippen molar-refractivity contribution in [3.05, 3.63) is 57.8 Å². The molecule has 2 N–H and O–H groups in total. The zero-order chi connectivity index (χ0) is 17.1. The van der Waals surface area contributed by atoms with Crippen LogP contribution in [0.4, 0.5) is 0 Å². The van der Waals surface area contributed by atoms with Crippen molar-refractivity contribution in [1.82, 2.24) is 14.9 Å². The average molecular weight is 361 g/mol. The number of aromatic hydroxyl groups is 1. The van der Waals surface area contributed by atoms with Gasteiger partial charge in [-0.05, 0) is 48.1 Å². The second-order valence-corrected chi connectivity index (χ2v) is 5.67. The summed E-state index contributed by atoms with van der Waals surface area (Å²) in [5.41, 5.74) is 1.53. The van der Waals surface area contributed by atoms with E-state index in [0.29, 0.717) is 21.4 Å². The third kappa shape index (κ3) is 3.32. The van der Waals surface area contributed by atoms with Crippen molar-refractivity contribution in [3.8, 4) is 22.9 Å². The van der Waals surface area contributed by atoms with Gasteiger partial charge in [-0.15, -0.1) is 0 Å². The Morgan fingerprint density at radius 1 is 1.33 bits per heavy atom. The third-order valence-corrected chi connectivity index (χ3v) is 3.76. The van der Waals surface area contributed by atoms with Gasteiger partial charge in [-0.1, -0.05) is 23.7 Å². The molecule has 0 unspecified atom stereocenters. The van der Waals surface area contributed by atoms with Crippen molar-refractivity contribution < 1.29 is 9.84 Å². The molecule has 1 aromatic heterocycles. The minimum Gasteiger partial charge on any atom is -0.504 e. The van der Waals surface area contributed by atoms with Crippen LogP contribution in [0.5, 0.6) is 11.5 Å². The van der Waals surface area contributed by atoms with Crippen molar-refractivity contribution in [3.63, 3.8) is 0 Å². The van der Waals surface area contributed by atoms with Gasteiger partial charge in [0.2, 0.25) is 4.77 Å². The van der Waals surface area contributed by atoms with E-state index in [2.05, 4.69) is 15.3 Å². The number of aromatic amines is 1. The number of ether oxygens (including phenoxy) is 1. The minimum atomic E-state index is 0.0641. The second-order valence-electron chi connectivity index (χ2n) is 4.85. The van der Waals surface area contributed by atoms with Crippen LogP contribution in [-0.2, 0) is 0 Å². The molecule has 0 radical (unpaired) electrons. The molecule has 0 fully saturated rings. The van der Waals surface area contributed by atoms with Crippen LogP contribution < -0.4 is 4.74 Å². The lowest BCUT2D eigenvalue weighted by molar-refractivity contribution is 0.373. The zero-order valence-corrected chi connectivity index (χ0v) is 14.2. The van der Waals surface area contributed by atoms with E-state index in [9.17, 15) is 5.11 Å². The molecule has 24 heavy (non-hydrogen) atoms. The van der Waals surface area contributed by atoms with Crippen LogP contribution in [0.3, 0.4) is 0 Å². The van der Waals surface area contributed by atoms with Crippen molar-refractivity contribution in [2.75, 3.05) is 7.11 Å². The van der Waals surface area contributed by atoms with E-state index in [-0.39, 0.29) is 5.75 Å². The highest BCUT2D eigenvalue weighted by Crippen LogP contribution is 2.26. The topological polar surface area (TPSA) is 75.4 Å². The number of nitrogens with one attached hydrogen (secondary N) is 1. The van der Waals surface area contributed by atoms with E-state index in [1.54, 1.807) is 30.5 Å². The summed E-state index contributed by atoms with van der Waals surface area (Å²) in [5, 5.41) is 21.5. The summed E-state index contributed by atoms with van der Waals surface area (Å²) < 4.78 is 6.93. The van der Waals surface area contributed by atoms with Crippen molar-refractivity contribution in [1.29, 1.82) is 0 Å². The predicted molar refractivity (Wildman–Crippen MR) is 95.5 cm³/mol. The summed E-state index contributed by atoms with van der Waals surface area (Å²) in [7, 11) is 1.49. The van der Waals surface area contributed by atoms with Crippen LogP contribution in [0.25, 0.3) is 11.4 Å². The number of methoxy groups -OCH3 is 1. The number of phenolic OH excluding ortho intramolecular Hbond substituents is 1. The van der Waals surface area contributed by atoms with Crippen LogP contribution in [0.15, 0.2) is 47.6 Å². The number of H-pyrrole nitrogens is 1. The smallest absolute Gasteiger partial charge is 0.216 e. The molecule has 0 spiro atoms. The van der Waals surface area contributed by atoms with Gasteiger partial charge in [0, 0.05) is 10.6 Å². The molecule has 0 aliphatic rings. The summed E-state index contributed by atoms with van der Waals surface area (Å²) in [5.74, 6) is 0.975. The molecule has 0 bridgehead atoms. The number of hydrogen-bond donors (Lipinski definition) is 2. The summed E-state index contributed by atoms with van der Waals surface area (Å²) in [4.78, 5) is 0. The molecule has 8 heteroatoms. The van der Waals surface area contributed by atoms with Gasteiger partial charge in [-0.25, -0.2) is 5.10 Å². The Morgan fingerprint density at radius 3 is 2.92 bits per heavy atom. The fraction of sp³-hybridized carbons (Fsp3) is 0.0625. The normalized spacial score (nSPS) is 11.1. The third-order valence-electron chi connectivity index (χ3n) is 3.26. The monoisotopic (exact) mass is 360 g/mol. The van der Waals surface area contributed by atoms with Gasteiger partial charge in [0.25, 0.3) is 0 Å². The quantitative estimate of drug-likeness (QED) is 0.547. The zero-order valence-electron chi connectivity index (χ0n) is 12.6. The maximum Gasteiger partial charge on any atom is 0.216 e. The first-order valence-corrected chi connectivity index (χ1v) is 7.72. The molecule has 0 aliphatic carbocycles. The predicted octanol–water partition coefficient (Wildman–Crippen LogP) is 3.86. The molecule has 0 saturated carbocycles. The van der Waals surface area contributed by atoms with Gasteiger partial charge in [0.1, 0.15) is 0 Å². The lowest BCUT2D eigenvalue weighted by Gasteiger charge is -2.04. The molecule has 0 saturated heterocycles. The molecule has 3 rings (SSSR count). The fourth-order valence-electron chi connectivity index (χ4n) is 2.11. The molecule has 2 aromatic carbocycles. The van der Waals surface area contributed by atoms with Crippen LogP contribution >= 0.6 is 23.8 Å². The average Bonchev–Trinajstić information content (AvgIpc) is 2.95. The van der Waals surface area contributed by atoms with Gasteiger partial charge >= 0.3 is 0 Å². The first-order chi connectivity index (χ1) is 11.6. The van der Waals surface area contributed by atoms with Crippen molar-refractivity contribution in [2.24, 2.45) is 5.10 Å². The van der Waals surface area contributed by atoms with Gasteiger partial charge in [-0.3, -0.25) is 0 Å². The van der Waals surface area contributed by atoms with Crippen LogP contribution in [0.2, 0.25) is 5.02 Å². The SMILES string of the molecule is COc1cc(/C=N/n2c(-c3cccc(Cl)c3)n[nH]c2=S)ccc1O. The number of benzene rings is 2. The molecular formula is C16H13ClN4O2S. The maximum atomic E-state index is 9.63. The van der Waals surface area contributed by atoms with E-state index in [0.717, 1.165) is 11.1 Å². The van der Waals surface area contributed by atoms with Crippen LogP contribution in [-0.4, -0.2) is 33.3 Å². The van der Waals surface area contributed by atoms with Crippen LogP contribution in [0.1, 0.15) is 5.56 Å². The van der Waals surface area contributed by atoms with E-state index >= 15 is 0 Å². The lowest BCUT2D eigenvalue weighted by atomic mass is 10.2. The van der Waals surface area contributed by atoms with E-state index < -0.39 is 0 Å². The Bertz CT molecular complexity index is 965. The fourth-order valence-corrected chi connectivity index (χ4v) is 2.48. The number of nitrogens with zero attached hydrogens (tertiary/aromatic N) is 3. The van der Waals surface area contributed by atoms with Crippen molar-refractivity contribution in [2.45, 2.75) is 0 Å².